The van der Waals surface area contributed by atoms with Gasteiger partial charge in [-0.1, -0.05) is 0 Å². The Bertz CT molecular complexity index is 666. The van der Waals surface area contributed by atoms with Crippen LogP contribution in [-0.4, -0.2) is 26.0 Å². The van der Waals surface area contributed by atoms with Gasteiger partial charge in [0.15, 0.2) is 0 Å². The van der Waals surface area contributed by atoms with Crippen LogP contribution >= 0.6 is 0 Å². The summed E-state index contributed by atoms with van der Waals surface area (Å²) in [6, 6.07) is 4.95. The number of esters is 1. The molecule has 0 saturated carbocycles. The van der Waals surface area contributed by atoms with Gasteiger partial charge < -0.3 is 24.7 Å². The van der Waals surface area contributed by atoms with Gasteiger partial charge in [-0.2, -0.15) is 0 Å². The number of carbonyl (C=O) groups is 2. The van der Waals surface area contributed by atoms with Crippen LogP contribution in [0.1, 0.15) is 19.4 Å². The average Bonchev–Trinajstić information content (AvgIpc) is 2.70. The number of methoxy groups -OCH3 is 2. The van der Waals surface area contributed by atoms with Crippen LogP contribution in [0.2, 0.25) is 0 Å². The lowest BCUT2D eigenvalue weighted by molar-refractivity contribution is -0.142. The number of Topliss-reactive ketones (excluding diaryl/α,β-unsaturated/α-hetero) is 1. The van der Waals surface area contributed by atoms with Gasteiger partial charge in [-0.3, -0.25) is 9.59 Å². The molecule has 7 nitrogen and oxygen atoms in total. The Morgan fingerprint density at radius 2 is 1.95 bits per heavy atom. The quantitative estimate of drug-likeness (QED) is 0.835. The van der Waals surface area contributed by atoms with Crippen LogP contribution in [0.4, 0.5) is 0 Å². The molecule has 7 heteroatoms. The molecule has 1 atom stereocenters. The predicted molar refractivity (Wildman–Crippen MR) is 76.0 cm³/mol. The zero-order valence-corrected chi connectivity index (χ0v) is 12.8. The molecule has 0 fully saturated rings. The highest BCUT2D eigenvalue weighted by Crippen LogP contribution is 2.42. The summed E-state index contributed by atoms with van der Waals surface area (Å²) in [6.07, 6.45) is 0. The van der Waals surface area contributed by atoms with E-state index in [1.165, 1.54) is 28.1 Å². The van der Waals surface area contributed by atoms with Crippen molar-refractivity contribution in [3.63, 3.8) is 0 Å². The summed E-state index contributed by atoms with van der Waals surface area (Å²) in [4.78, 5) is 23.7. The second kappa shape index (κ2) is 5.59. The number of ketones is 1. The maximum absolute atomic E-state index is 12.6. The van der Waals surface area contributed by atoms with E-state index >= 15 is 0 Å². The van der Waals surface area contributed by atoms with Crippen LogP contribution in [0.5, 0.6) is 11.5 Å². The van der Waals surface area contributed by atoms with E-state index in [9.17, 15) is 9.59 Å². The molecular weight excluding hydrogens is 290 g/mol. The molecule has 1 unspecified atom stereocenters. The fourth-order valence-corrected chi connectivity index (χ4v) is 2.25. The Balaban J connectivity index is 2.49. The monoisotopic (exact) mass is 307 g/mol. The summed E-state index contributed by atoms with van der Waals surface area (Å²) < 4.78 is 20.8. The maximum atomic E-state index is 12.6. The molecule has 2 rings (SSSR count). The van der Waals surface area contributed by atoms with E-state index in [1.54, 1.807) is 18.2 Å². The minimum absolute atomic E-state index is 0.243. The van der Waals surface area contributed by atoms with E-state index in [1.807, 2.05) is 0 Å². The number of rotatable bonds is 4. The fraction of sp³-hybridized carbons (Fsp3) is 0.333. The zero-order valence-electron chi connectivity index (χ0n) is 12.8. The van der Waals surface area contributed by atoms with Gasteiger partial charge in [0.05, 0.1) is 14.2 Å². The lowest BCUT2D eigenvalue weighted by Gasteiger charge is -2.25. The Morgan fingerprint density at radius 3 is 2.50 bits per heavy atom. The fourth-order valence-electron chi connectivity index (χ4n) is 2.25. The number of carbonyl (C=O) groups excluding carboxylic acids is 2. The molecule has 1 heterocycles. The molecule has 0 radical (unpaired) electrons. The van der Waals surface area contributed by atoms with Crippen molar-refractivity contribution < 1.29 is 28.5 Å². The van der Waals surface area contributed by atoms with Gasteiger partial charge in [-0.25, -0.2) is 0 Å². The molecule has 0 spiro atoms. The second-order valence-electron chi connectivity index (χ2n) is 4.82. The second-order valence-corrected chi connectivity index (χ2v) is 4.82. The summed E-state index contributed by atoms with van der Waals surface area (Å²) in [7, 11) is 2.97. The van der Waals surface area contributed by atoms with Crippen LogP contribution in [0.15, 0.2) is 29.8 Å². The molecule has 0 bridgehead atoms. The number of benzene rings is 1. The number of hydrogen-bond acceptors (Lipinski definition) is 7. The first kappa shape index (κ1) is 15.7. The largest absolute Gasteiger partial charge is 0.497 e. The molecule has 2 N–H and O–H groups in total. The zero-order chi connectivity index (χ0) is 16.5. The average molecular weight is 307 g/mol. The lowest BCUT2D eigenvalue weighted by Crippen LogP contribution is -2.32. The first-order valence-corrected chi connectivity index (χ1v) is 6.48. The summed E-state index contributed by atoms with van der Waals surface area (Å²) in [5.74, 6) is -0.822. The van der Waals surface area contributed by atoms with Crippen molar-refractivity contribution >= 4 is 11.8 Å². The Labute approximate surface area is 127 Å². The third-order valence-electron chi connectivity index (χ3n) is 3.34. The molecule has 1 aromatic carbocycles. The van der Waals surface area contributed by atoms with Crippen molar-refractivity contribution in [3.05, 3.63) is 35.4 Å². The Kier molecular flexibility index (Phi) is 3.99. The molecule has 1 aliphatic heterocycles. The van der Waals surface area contributed by atoms with Crippen molar-refractivity contribution in [2.24, 2.45) is 5.73 Å². The minimum atomic E-state index is -1.46. The van der Waals surface area contributed by atoms with E-state index in [0.29, 0.717) is 17.1 Å². The highest BCUT2D eigenvalue weighted by atomic mass is 16.6. The van der Waals surface area contributed by atoms with Gasteiger partial charge >= 0.3 is 5.97 Å². The van der Waals surface area contributed by atoms with E-state index in [4.69, 9.17) is 24.7 Å². The van der Waals surface area contributed by atoms with Crippen LogP contribution in [0.25, 0.3) is 0 Å². The first-order valence-electron chi connectivity index (χ1n) is 6.48. The minimum Gasteiger partial charge on any atom is -0.497 e. The van der Waals surface area contributed by atoms with Gasteiger partial charge in [0.2, 0.25) is 17.2 Å². The highest BCUT2D eigenvalue weighted by molar-refractivity contribution is 6.04. The standard InChI is InChI=1S/C15H17NO6/c1-8(17)21-12-13(18)15(2,22-14(12)16)10-7-9(19-3)5-6-11(10)20-4/h5-7H,16H2,1-4H3. The molecule has 0 amide bonds. The van der Waals surface area contributed by atoms with Gasteiger partial charge in [0.25, 0.3) is 5.78 Å². The summed E-state index contributed by atoms with van der Waals surface area (Å²) in [6.45, 7) is 2.70. The normalized spacial score (nSPS) is 20.6. The van der Waals surface area contributed by atoms with Crippen molar-refractivity contribution in [1.29, 1.82) is 0 Å². The molecule has 0 saturated heterocycles. The molecule has 0 aliphatic carbocycles. The maximum Gasteiger partial charge on any atom is 0.308 e. The third-order valence-corrected chi connectivity index (χ3v) is 3.34. The predicted octanol–water partition coefficient (Wildman–Crippen LogP) is 1.21. The van der Waals surface area contributed by atoms with Crippen LogP contribution in [0.3, 0.4) is 0 Å². The van der Waals surface area contributed by atoms with Crippen LogP contribution < -0.4 is 15.2 Å². The molecule has 22 heavy (non-hydrogen) atoms. The van der Waals surface area contributed by atoms with Crippen molar-refractivity contribution in [3.8, 4) is 11.5 Å². The molecular formula is C15H17NO6. The van der Waals surface area contributed by atoms with E-state index < -0.39 is 17.4 Å². The van der Waals surface area contributed by atoms with E-state index in [2.05, 4.69) is 0 Å². The Morgan fingerprint density at radius 1 is 1.27 bits per heavy atom. The summed E-state index contributed by atoms with van der Waals surface area (Å²) >= 11 is 0. The van der Waals surface area contributed by atoms with Crippen LogP contribution in [-0.2, 0) is 24.7 Å². The van der Waals surface area contributed by atoms with Gasteiger partial charge in [-0.15, -0.1) is 0 Å². The molecule has 1 aliphatic rings. The highest BCUT2D eigenvalue weighted by Gasteiger charge is 2.50. The van der Waals surface area contributed by atoms with Gasteiger partial charge in [-0.05, 0) is 25.1 Å². The van der Waals surface area contributed by atoms with Crippen molar-refractivity contribution in [2.45, 2.75) is 19.4 Å². The SMILES string of the molecule is COc1ccc(OC)c(C2(C)OC(N)=C(OC(C)=O)C2=O)c1. The van der Waals surface area contributed by atoms with Crippen molar-refractivity contribution in [1.82, 2.24) is 0 Å². The summed E-state index contributed by atoms with van der Waals surface area (Å²) in [5.41, 5.74) is 4.64. The van der Waals surface area contributed by atoms with Gasteiger partial charge in [0.1, 0.15) is 11.5 Å². The lowest BCUT2D eigenvalue weighted by atomic mass is 9.90. The number of ether oxygens (including phenoxy) is 4. The molecule has 1 aromatic rings. The van der Waals surface area contributed by atoms with E-state index in [-0.39, 0.29) is 11.6 Å². The molecule has 118 valence electrons. The number of hydrogen-bond donors (Lipinski definition) is 1. The smallest absolute Gasteiger partial charge is 0.308 e. The van der Waals surface area contributed by atoms with E-state index in [0.717, 1.165) is 0 Å². The van der Waals surface area contributed by atoms with Gasteiger partial charge in [0, 0.05) is 12.5 Å². The molecule has 0 aromatic heterocycles. The van der Waals surface area contributed by atoms with Crippen LogP contribution in [0, 0.1) is 0 Å². The third kappa shape index (κ3) is 2.45. The first-order chi connectivity index (χ1) is 10.3. The number of nitrogens with two attached hydrogens (primary N) is 1. The Hall–Kier alpha value is -2.70. The topological polar surface area (TPSA) is 97.1 Å². The summed E-state index contributed by atoms with van der Waals surface area (Å²) in [5, 5.41) is 0. The van der Waals surface area contributed by atoms with Crippen molar-refractivity contribution in [2.75, 3.05) is 14.2 Å².